The number of nitrogens with one attached hydrogen (secondary N) is 1. The molecule has 0 aromatic heterocycles. The van der Waals surface area contributed by atoms with Gasteiger partial charge in [0.05, 0.1) is 11.6 Å². The van der Waals surface area contributed by atoms with Crippen LogP contribution in [-0.4, -0.2) is 18.8 Å². The number of methoxy groups -OCH3 is 1. The number of benzene rings is 1. The zero-order chi connectivity index (χ0) is 13.0. The summed E-state index contributed by atoms with van der Waals surface area (Å²) in [5.41, 5.74) is 4.13. The summed E-state index contributed by atoms with van der Waals surface area (Å²) in [6.45, 7) is 0. The number of hydrazine groups is 1. The lowest BCUT2D eigenvalue weighted by Crippen LogP contribution is -2.54. The summed E-state index contributed by atoms with van der Waals surface area (Å²) < 4.78 is 6.94. The lowest BCUT2D eigenvalue weighted by molar-refractivity contribution is -0.0356. The fourth-order valence-corrected chi connectivity index (χ4v) is 3.40. The monoisotopic (exact) mass is 312 g/mol. The molecule has 1 aromatic carbocycles. The molecule has 0 heterocycles. The van der Waals surface area contributed by atoms with E-state index in [9.17, 15) is 0 Å². The first-order chi connectivity index (χ1) is 8.72. The van der Waals surface area contributed by atoms with Gasteiger partial charge in [0, 0.05) is 11.6 Å². The topological polar surface area (TPSA) is 47.3 Å². The van der Waals surface area contributed by atoms with Gasteiger partial charge in [0.1, 0.15) is 0 Å². The van der Waals surface area contributed by atoms with Crippen LogP contribution in [0.1, 0.15) is 31.2 Å². The number of halogens is 1. The Kier molecular flexibility index (Phi) is 4.78. The van der Waals surface area contributed by atoms with E-state index in [1.54, 1.807) is 7.11 Å². The molecule has 1 atom stereocenters. The third-order valence-electron chi connectivity index (χ3n) is 4.07. The Bertz CT molecular complexity index is 391. The molecule has 3 N–H and O–H groups in total. The van der Waals surface area contributed by atoms with Crippen molar-refractivity contribution < 1.29 is 4.74 Å². The van der Waals surface area contributed by atoms with E-state index >= 15 is 0 Å². The summed E-state index contributed by atoms with van der Waals surface area (Å²) in [6, 6.07) is 8.44. The SMILES string of the molecule is COC1(C(Cc2ccccc2Br)NN)CCCC1. The molecule has 0 spiro atoms. The summed E-state index contributed by atoms with van der Waals surface area (Å²) in [5.74, 6) is 5.77. The minimum absolute atomic E-state index is 0.107. The number of ether oxygens (including phenoxy) is 1. The summed E-state index contributed by atoms with van der Waals surface area (Å²) >= 11 is 3.59. The molecule has 1 unspecified atom stereocenters. The lowest BCUT2D eigenvalue weighted by Gasteiger charge is -2.36. The summed E-state index contributed by atoms with van der Waals surface area (Å²) in [4.78, 5) is 0. The van der Waals surface area contributed by atoms with Crippen molar-refractivity contribution in [3.8, 4) is 0 Å². The summed E-state index contributed by atoms with van der Waals surface area (Å²) in [7, 11) is 1.80. The fourth-order valence-electron chi connectivity index (χ4n) is 2.95. The molecule has 18 heavy (non-hydrogen) atoms. The van der Waals surface area contributed by atoms with Crippen LogP contribution in [0.2, 0.25) is 0 Å². The first kappa shape index (κ1) is 14.0. The van der Waals surface area contributed by atoms with Crippen LogP contribution in [0.4, 0.5) is 0 Å². The molecule has 1 aliphatic carbocycles. The van der Waals surface area contributed by atoms with Crippen LogP contribution in [0.3, 0.4) is 0 Å². The van der Waals surface area contributed by atoms with Crippen LogP contribution >= 0.6 is 15.9 Å². The van der Waals surface area contributed by atoms with Crippen LogP contribution in [-0.2, 0) is 11.2 Å². The maximum Gasteiger partial charge on any atom is 0.0847 e. The van der Waals surface area contributed by atoms with E-state index in [1.807, 2.05) is 6.07 Å². The lowest BCUT2D eigenvalue weighted by atomic mass is 9.88. The van der Waals surface area contributed by atoms with Crippen LogP contribution in [0.25, 0.3) is 0 Å². The minimum atomic E-state index is -0.107. The van der Waals surface area contributed by atoms with Crippen LogP contribution in [0, 0.1) is 0 Å². The van der Waals surface area contributed by atoms with E-state index in [0.717, 1.165) is 23.7 Å². The number of hydrogen-bond acceptors (Lipinski definition) is 3. The minimum Gasteiger partial charge on any atom is -0.377 e. The Morgan fingerprint density at radius 3 is 2.61 bits per heavy atom. The van der Waals surface area contributed by atoms with Crippen molar-refractivity contribution in [1.82, 2.24) is 5.43 Å². The van der Waals surface area contributed by atoms with Crippen molar-refractivity contribution in [3.05, 3.63) is 34.3 Å². The van der Waals surface area contributed by atoms with Crippen LogP contribution < -0.4 is 11.3 Å². The zero-order valence-corrected chi connectivity index (χ0v) is 12.4. The molecule has 4 heteroatoms. The van der Waals surface area contributed by atoms with Crippen molar-refractivity contribution in [2.75, 3.05) is 7.11 Å². The molecule has 1 saturated carbocycles. The quantitative estimate of drug-likeness (QED) is 0.649. The molecule has 1 aliphatic rings. The predicted molar refractivity (Wildman–Crippen MR) is 77.2 cm³/mol. The Hall–Kier alpha value is -0.420. The highest BCUT2D eigenvalue weighted by Gasteiger charge is 2.41. The second-order valence-electron chi connectivity index (χ2n) is 4.99. The molecule has 3 nitrogen and oxygen atoms in total. The maximum absolute atomic E-state index is 5.81. The summed E-state index contributed by atoms with van der Waals surface area (Å²) in [5, 5.41) is 0. The van der Waals surface area contributed by atoms with Crippen molar-refractivity contribution in [3.63, 3.8) is 0 Å². The van der Waals surface area contributed by atoms with Gasteiger partial charge in [0.2, 0.25) is 0 Å². The van der Waals surface area contributed by atoms with Gasteiger partial charge in [0.25, 0.3) is 0 Å². The van der Waals surface area contributed by atoms with Gasteiger partial charge in [-0.1, -0.05) is 47.0 Å². The Morgan fingerprint density at radius 2 is 2.06 bits per heavy atom. The molecule has 1 aromatic rings. The number of hydrogen-bond donors (Lipinski definition) is 2. The molecule has 0 saturated heterocycles. The second kappa shape index (κ2) is 6.15. The van der Waals surface area contributed by atoms with Crippen LogP contribution in [0.15, 0.2) is 28.7 Å². The number of rotatable bonds is 5. The molecule has 1 fully saturated rings. The zero-order valence-electron chi connectivity index (χ0n) is 10.8. The standard InChI is InChI=1S/C14H21BrN2O/c1-18-14(8-4-5-9-14)13(17-16)10-11-6-2-3-7-12(11)15/h2-3,6-7,13,17H,4-5,8-10,16H2,1H3. The Balaban J connectivity index is 2.16. The van der Waals surface area contributed by atoms with Crippen molar-refractivity contribution in [2.24, 2.45) is 5.84 Å². The molecule has 0 aliphatic heterocycles. The Morgan fingerprint density at radius 1 is 1.39 bits per heavy atom. The van der Waals surface area contributed by atoms with Gasteiger partial charge >= 0.3 is 0 Å². The molecule has 0 radical (unpaired) electrons. The van der Waals surface area contributed by atoms with Crippen molar-refractivity contribution >= 4 is 15.9 Å². The highest BCUT2D eigenvalue weighted by Crippen LogP contribution is 2.37. The third kappa shape index (κ3) is 2.77. The highest BCUT2D eigenvalue weighted by atomic mass is 79.9. The Labute approximate surface area is 117 Å². The first-order valence-corrected chi connectivity index (χ1v) is 7.26. The van der Waals surface area contributed by atoms with Gasteiger partial charge in [-0.3, -0.25) is 11.3 Å². The second-order valence-corrected chi connectivity index (χ2v) is 5.85. The molecular formula is C14H21BrN2O. The van der Waals surface area contributed by atoms with E-state index in [0.29, 0.717) is 0 Å². The van der Waals surface area contributed by atoms with Gasteiger partial charge in [0.15, 0.2) is 0 Å². The van der Waals surface area contributed by atoms with Crippen molar-refractivity contribution in [2.45, 2.75) is 43.7 Å². The average Bonchev–Trinajstić information content (AvgIpc) is 2.88. The van der Waals surface area contributed by atoms with Gasteiger partial charge in [-0.05, 0) is 30.9 Å². The normalized spacial score (nSPS) is 19.9. The third-order valence-corrected chi connectivity index (χ3v) is 4.85. The fraction of sp³-hybridized carbons (Fsp3) is 0.571. The van der Waals surface area contributed by atoms with E-state index in [4.69, 9.17) is 10.6 Å². The first-order valence-electron chi connectivity index (χ1n) is 6.46. The molecule has 0 amide bonds. The summed E-state index contributed by atoms with van der Waals surface area (Å²) in [6.07, 6.45) is 5.50. The average molecular weight is 313 g/mol. The van der Waals surface area contributed by atoms with Gasteiger partial charge in [-0.2, -0.15) is 0 Å². The maximum atomic E-state index is 5.81. The van der Waals surface area contributed by atoms with E-state index in [2.05, 4.69) is 39.6 Å². The van der Waals surface area contributed by atoms with Gasteiger partial charge in [-0.25, -0.2) is 0 Å². The smallest absolute Gasteiger partial charge is 0.0847 e. The van der Waals surface area contributed by atoms with Crippen molar-refractivity contribution in [1.29, 1.82) is 0 Å². The molecule has 0 bridgehead atoms. The van der Waals surface area contributed by atoms with Crippen LogP contribution in [0.5, 0.6) is 0 Å². The molecule has 2 rings (SSSR count). The van der Waals surface area contributed by atoms with E-state index in [-0.39, 0.29) is 11.6 Å². The number of nitrogens with two attached hydrogens (primary N) is 1. The van der Waals surface area contributed by atoms with E-state index < -0.39 is 0 Å². The predicted octanol–water partition coefficient (Wildman–Crippen LogP) is 2.78. The largest absolute Gasteiger partial charge is 0.377 e. The van der Waals surface area contributed by atoms with Gasteiger partial charge in [-0.15, -0.1) is 0 Å². The van der Waals surface area contributed by atoms with Gasteiger partial charge < -0.3 is 4.74 Å². The molecule has 100 valence electrons. The van der Waals surface area contributed by atoms with E-state index in [1.165, 1.54) is 18.4 Å². The highest BCUT2D eigenvalue weighted by molar-refractivity contribution is 9.10. The molecular weight excluding hydrogens is 292 g/mol.